The van der Waals surface area contributed by atoms with Gasteiger partial charge in [0.05, 0.1) is 12.6 Å². The third-order valence-electron chi connectivity index (χ3n) is 5.70. The fourth-order valence-electron chi connectivity index (χ4n) is 4.49. The molecule has 3 nitrogen and oxygen atoms in total. The van der Waals surface area contributed by atoms with Crippen LogP contribution >= 0.6 is 22.7 Å². The highest BCUT2D eigenvalue weighted by atomic mass is 32.1. The van der Waals surface area contributed by atoms with Crippen molar-refractivity contribution in [2.45, 2.75) is 57.7 Å². The molecule has 1 saturated heterocycles. The van der Waals surface area contributed by atoms with Gasteiger partial charge in [-0.1, -0.05) is 6.07 Å². The molecule has 0 N–H and O–H groups in total. The van der Waals surface area contributed by atoms with Gasteiger partial charge in [0.15, 0.2) is 0 Å². The summed E-state index contributed by atoms with van der Waals surface area (Å²) in [7, 11) is 0. The summed E-state index contributed by atoms with van der Waals surface area (Å²) >= 11 is 3.66. The molecule has 0 saturated carbocycles. The summed E-state index contributed by atoms with van der Waals surface area (Å²) in [6.45, 7) is 5.92. The molecule has 25 heavy (non-hydrogen) atoms. The predicted octanol–water partition coefficient (Wildman–Crippen LogP) is 4.55. The molecule has 3 unspecified atom stereocenters. The highest BCUT2D eigenvalue weighted by molar-refractivity contribution is 7.10. The number of piperidine rings is 1. The van der Waals surface area contributed by atoms with Crippen LogP contribution in [-0.4, -0.2) is 40.9 Å². The molecule has 2 aromatic rings. The third kappa shape index (κ3) is 3.29. The van der Waals surface area contributed by atoms with Gasteiger partial charge in [0.1, 0.15) is 0 Å². The van der Waals surface area contributed by atoms with Gasteiger partial charge in [-0.05, 0) is 68.0 Å². The molecule has 2 aliphatic heterocycles. The first-order valence-electron chi connectivity index (χ1n) is 9.30. The second-order valence-corrected chi connectivity index (χ2v) is 9.35. The van der Waals surface area contributed by atoms with Gasteiger partial charge in [0.2, 0.25) is 5.91 Å². The number of fused-ring (bicyclic) bond motifs is 1. The van der Waals surface area contributed by atoms with E-state index in [1.165, 1.54) is 21.7 Å². The molecule has 1 fully saturated rings. The minimum Gasteiger partial charge on any atom is -0.336 e. The van der Waals surface area contributed by atoms with Gasteiger partial charge in [-0.2, -0.15) is 0 Å². The monoisotopic (exact) mass is 374 g/mol. The van der Waals surface area contributed by atoms with Crippen LogP contribution in [0.4, 0.5) is 0 Å². The van der Waals surface area contributed by atoms with E-state index in [1.54, 1.807) is 11.3 Å². The number of nitrogens with zero attached hydrogens (tertiary/aromatic N) is 2. The Kier molecular flexibility index (Phi) is 4.98. The van der Waals surface area contributed by atoms with E-state index < -0.39 is 0 Å². The van der Waals surface area contributed by atoms with Crippen molar-refractivity contribution in [3.8, 4) is 0 Å². The highest BCUT2D eigenvalue weighted by Gasteiger charge is 2.35. The van der Waals surface area contributed by atoms with E-state index in [1.807, 2.05) is 11.3 Å². The third-order valence-corrected chi connectivity index (χ3v) is 7.62. The molecule has 5 heteroatoms. The van der Waals surface area contributed by atoms with Crippen LogP contribution in [0.2, 0.25) is 0 Å². The molecule has 0 aliphatic carbocycles. The molecule has 2 aromatic heterocycles. The Bertz CT molecular complexity index is 714. The molecule has 3 atom stereocenters. The Balaban J connectivity index is 1.58. The molecule has 4 rings (SSSR count). The van der Waals surface area contributed by atoms with Gasteiger partial charge >= 0.3 is 0 Å². The first-order valence-corrected chi connectivity index (χ1v) is 11.1. The normalized spacial score (nSPS) is 27.3. The summed E-state index contributed by atoms with van der Waals surface area (Å²) in [5.41, 5.74) is 1.41. The van der Waals surface area contributed by atoms with Crippen molar-refractivity contribution in [2.24, 2.45) is 0 Å². The minimum atomic E-state index is 0.245. The highest BCUT2D eigenvalue weighted by Crippen LogP contribution is 2.39. The lowest BCUT2D eigenvalue weighted by atomic mass is 9.96. The van der Waals surface area contributed by atoms with Crippen molar-refractivity contribution < 1.29 is 4.79 Å². The molecule has 2 aliphatic rings. The lowest BCUT2D eigenvalue weighted by Crippen LogP contribution is -2.52. The number of carbonyl (C=O) groups is 1. The first kappa shape index (κ1) is 17.3. The largest absolute Gasteiger partial charge is 0.336 e. The zero-order valence-corrected chi connectivity index (χ0v) is 16.6. The molecular formula is C20H26N2OS2. The van der Waals surface area contributed by atoms with Crippen molar-refractivity contribution in [3.63, 3.8) is 0 Å². The van der Waals surface area contributed by atoms with Gasteiger partial charge in [-0.15, -0.1) is 22.7 Å². The fraction of sp³-hybridized carbons (Fsp3) is 0.550. The number of likely N-dealkylation sites (tertiary alicyclic amines) is 1. The first-order chi connectivity index (χ1) is 12.1. The summed E-state index contributed by atoms with van der Waals surface area (Å²) in [5.74, 6) is 0.305. The zero-order chi connectivity index (χ0) is 17.4. The summed E-state index contributed by atoms with van der Waals surface area (Å²) in [6.07, 6.45) is 4.58. The quantitative estimate of drug-likeness (QED) is 0.787. The lowest BCUT2D eigenvalue weighted by molar-refractivity contribution is -0.139. The van der Waals surface area contributed by atoms with Gasteiger partial charge in [0, 0.05) is 28.4 Å². The number of amides is 1. The number of hydrogen-bond acceptors (Lipinski definition) is 4. The molecule has 134 valence electrons. The molecule has 1 amide bonds. The second-order valence-electron chi connectivity index (χ2n) is 7.37. The van der Waals surface area contributed by atoms with Crippen molar-refractivity contribution in [1.29, 1.82) is 0 Å². The smallest absolute Gasteiger partial charge is 0.237 e. The zero-order valence-electron chi connectivity index (χ0n) is 15.0. The van der Waals surface area contributed by atoms with Gasteiger partial charge in [0.25, 0.3) is 0 Å². The van der Waals surface area contributed by atoms with Crippen molar-refractivity contribution >= 4 is 28.6 Å². The van der Waals surface area contributed by atoms with Gasteiger partial charge < -0.3 is 4.90 Å². The van der Waals surface area contributed by atoms with E-state index in [0.29, 0.717) is 24.5 Å². The van der Waals surface area contributed by atoms with Crippen LogP contribution in [0.25, 0.3) is 0 Å². The predicted molar refractivity (Wildman–Crippen MR) is 105 cm³/mol. The van der Waals surface area contributed by atoms with Crippen molar-refractivity contribution in [3.05, 3.63) is 44.3 Å². The Morgan fingerprint density at radius 1 is 1.16 bits per heavy atom. The van der Waals surface area contributed by atoms with Crippen LogP contribution in [0, 0.1) is 0 Å². The topological polar surface area (TPSA) is 23.6 Å². The molecule has 4 heterocycles. The van der Waals surface area contributed by atoms with E-state index in [4.69, 9.17) is 0 Å². The van der Waals surface area contributed by atoms with Gasteiger partial charge in [-0.25, -0.2) is 0 Å². The maximum absolute atomic E-state index is 13.1. The van der Waals surface area contributed by atoms with Crippen LogP contribution in [0.3, 0.4) is 0 Å². The van der Waals surface area contributed by atoms with Gasteiger partial charge in [-0.3, -0.25) is 9.69 Å². The summed E-state index contributed by atoms with van der Waals surface area (Å²) in [4.78, 5) is 20.5. The SMILES string of the molecule is CC1CCCC(C)N1C(=O)CN1CCc2sccc2C1c1cccs1. The van der Waals surface area contributed by atoms with Crippen molar-refractivity contribution in [1.82, 2.24) is 9.80 Å². The lowest BCUT2D eigenvalue weighted by Gasteiger charge is -2.42. The number of rotatable bonds is 3. The molecule has 0 spiro atoms. The van der Waals surface area contributed by atoms with Crippen LogP contribution in [0.15, 0.2) is 29.0 Å². The standard InChI is InChI=1S/C20H26N2OS2/c1-14-5-3-6-15(2)22(14)19(23)13-21-10-8-17-16(9-12-25-17)20(21)18-7-4-11-24-18/h4,7,9,11-12,14-15,20H,3,5-6,8,10,13H2,1-2H3. The van der Waals surface area contributed by atoms with E-state index in [2.05, 4.69) is 52.6 Å². The Hall–Kier alpha value is -1.17. The van der Waals surface area contributed by atoms with E-state index in [0.717, 1.165) is 25.8 Å². The minimum absolute atomic E-state index is 0.245. The van der Waals surface area contributed by atoms with Crippen LogP contribution in [-0.2, 0) is 11.2 Å². The van der Waals surface area contributed by atoms with Crippen molar-refractivity contribution in [2.75, 3.05) is 13.1 Å². The Morgan fingerprint density at radius 3 is 2.68 bits per heavy atom. The molecule has 0 bridgehead atoms. The number of thiophene rings is 2. The van der Waals surface area contributed by atoms with E-state index >= 15 is 0 Å². The molecule has 0 aromatic carbocycles. The Morgan fingerprint density at radius 2 is 1.96 bits per heavy atom. The van der Waals surface area contributed by atoms with Crippen LogP contribution < -0.4 is 0 Å². The Labute approximate surface area is 158 Å². The fourth-order valence-corrected chi connectivity index (χ4v) is 6.27. The maximum Gasteiger partial charge on any atom is 0.237 e. The van der Waals surface area contributed by atoms with E-state index in [-0.39, 0.29) is 6.04 Å². The average Bonchev–Trinajstić information content (AvgIpc) is 3.26. The van der Waals surface area contributed by atoms with E-state index in [9.17, 15) is 4.79 Å². The summed E-state index contributed by atoms with van der Waals surface area (Å²) in [5, 5.41) is 4.34. The average molecular weight is 375 g/mol. The van der Waals surface area contributed by atoms with Crippen LogP contribution in [0.1, 0.15) is 54.5 Å². The summed E-state index contributed by atoms with van der Waals surface area (Å²) in [6, 6.07) is 7.58. The molecular weight excluding hydrogens is 348 g/mol. The van der Waals surface area contributed by atoms with Crippen LogP contribution in [0.5, 0.6) is 0 Å². The molecule has 0 radical (unpaired) electrons. The number of carbonyl (C=O) groups excluding carboxylic acids is 1. The second kappa shape index (κ2) is 7.22. The number of hydrogen-bond donors (Lipinski definition) is 0. The summed E-state index contributed by atoms with van der Waals surface area (Å²) < 4.78 is 0. The maximum atomic E-state index is 13.1.